The predicted octanol–water partition coefficient (Wildman–Crippen LogP) is 1.78. The van der Waals surface area contributed by atoms with Crippen LogP contribution in [0, 0.1) is 0 Å². The van der Waals surface area contributed by atoms with E-state index >= 15 is 0 Å². The van der Waals surface area contributed by atoms with Crippen LogP contribution >= 0.6 is 0 Å². The van der Waals surface area contributed by atoms with Crippen LogP contribution in [-0.4, -0.2) is 34.4 Å². The molecular weight excluding hydrogens is 242 g/mol. The van der Waals surface area contributed by atoms with Gasteiger partial charge in [0.1, 0.15) is 5.56 Å². The molecule has 5 heteroatoms. The number of hydrogen-bond acceptors (Lipinski definition) is 3. The Labute approximate surface area is 111 Å². The summed E-state index contributed by atoms with van der Waals surface area (Å²) in [6, 6.07) is 6.09. The van der Waals surface area contributed by atoms with Gasteiger partial charge in [-0.1, -0.05) is 6.07 Å². The van der Waals surface area contributed by atoms with Crippen LogP contribution in [0.4, 0.5) is 5.69 Å². The lowest BCUT2D eigenvalue weighted by Crippen LogP contribution is -2.12. The average molecular weight is 257 g/mol. The number of anilines is 1. The van der Waals surface area contributed by atoms with Crippen LogP contribution in [0.1, 0.15) is 15.9 Å². The molecule has 0 radical (unpaired) electrons. The highest BCUT2D eigenvalue weighted by Crippen LogP contribution is 2.32. The predicted molar refractivity (Wildman–Crippen MR) is 72.6 cm³/mol. The van der Waals surface area contributed by atoms with E-state index in [-0.39, 0.29) is 5.56 Å². The first kappa shape index (κ1) is 11.8. The number of carboxylic acid groups (broad SMARTS) is 1. The number of hydrogen-bond donors (Lipinski definition) is 1. The second kappa shape index (κ2) is 4.12. The van der Waals surface area contributed by atoms with Gasteiger partial charge in [0.15, 0.2) is 0 Å². The van der Waals surface area contributed by atoms with Gasteiger partial charge in [0.25, 0.3) is 0 Å². The van der Waals surface area contributed by atoms with Crippen LogP contribution in [0.2, 0.25) is 0 Å². The molecule has 1 N–H and O–H groups in total. The highest BCUT2D eigenvalue weighted by molar-refractivity contribution is 5.95. The van der Waals surface area contributed by atoms with Crippen molar-refractivity contribution in [3.63, 3.8) is 0 Å². The third-order valence-corrected chi connectivity index (χ3v) is 3.65. The Morgan fingerprint density at radius 2 is 2.16 bits per heavy atom. The fourth-order valence-electron chi connectivity index (χ4n) is 2.65. The molecule has 5 nitrogen and oxygen atoms in total. The highest BCUT2D eigenvalue weighted by Gasteiger charge is 2.20. The van der Waals surface area contributed by atoms with E-state index in [4.69, 9.17) is 0 Å². The summed E-state index contributed by atoms with van der Waals surface area (Å²) in [5.41, 5.74) is 4.30. The number of benzene rings is 1. The van der Waals surface area contributed by atoms with Crippen molar-refractivity contribution in [2.75, 3.05) is 18.5 Å². The summed E-state index contributed by atoms with van der Waals surface area (Å²) in [6.45, 7) is 1.01. The zero-order valence-corrected chi connectivity index (χ0v) is 10.9. The van der Waals surface area contributed by atoms with Gasteiger partial charge in [0.05, 0.1) is 11.9 Å². The lowest BCUT2D eigenvalue weighted by molar-refractivity contribution is 0.0697. The van der Waals surface area contributed by atoms with Crippen LogP contribution in [0.15, 0.2) is 24.4 Å². The van der Waals surface area contributed by atoms with E-state index in [0.29, 0.717) is 5.69 Å². The van der Waals surface area contributed by atoms with Gasteiger partial charge in [-0.15, -0.1) is 0 Å². The maximum atomic E-state index is 11.2. The molecule has 1 aliphatic rings. The number of rotatable bonds is 2. The molecule has 0 spiro atoms. The average Bonchev–Trinajstić information content (AvgIpc) is 2.93. The van der Waals surface area contributed by atoms with Crippen molar-refractivity contribution >= 4 is 11.7 Å². The number of nitrogens with zero attached hydrogens (tertiary/aromatic N) is 3. The van der Waals surface area contributed by atoms with Gasteiger partial charge >= 0.3 is 5.97 Å². The van der Waals surface area contributed by atoms with Crippen LogP contribution in [-0.2, 0) is 13.5 Å². The topological polar surface area (TPSA) is 58.4 Å². The molecule has 3 rings (SSSR count). The van der Waals surface area contributed by atoms with E-state index in [9.17, 15) is 9.90 Å². The summed E-state index contributed by atoms with van der Waals surface area (Å²) in [5.74, 6) is -0.944. The Hall–Kier alpha value is -2.30. The molecule has 0 saturated heterocycles. The minimum absolute atomic E-state index is 0.244. The van der Waals surface area contributed by atoms with Crippen LogP contribution in [0.25, 0.3) is 11.3 Å². The molecule has 0 aliphatic carbocycles. The SMILES string of the molecule is CN1CCc2cc(-c3c(C(=O)O)cnn3C)ccc21. The molecule has 1 aliphatic heterocycles. The minimum Gasteiger partial charge on any atom is -0.478 e. The van der Waals surface area contributed by atoms with Gasteiger partial charge in [0, 0.05) is 31.9 Å². The number of likely N-dealkylation sites (N-methyl/N-ethyl adjacent to an activating group) is 1. The molecule has 19 heavy (non-hydrogen) atoms. The Kier molecular flexibility index (Phi) is 2.55. The number of aromatic nitrogens is 2. The van der Waals surface area contributed by atoms with Gasteiger partial charge in [-0.2, -0.15) is 5.10 Å². The van der Waals surface area contributed by atoms with Crippen LogP contribution in [0.5, 0.6) is 0 Å². The summed E-state index contributed by atoms with van der Waals surface area (Å²) in [4.78, 5) is 13.4. The van der Waals surface area contributed by atoms with Crippen molar-refractivity contribution in [3.05, 3.63) is 35.5 Å². The first-order valence-corrected chi connectivity index (χ1v) is 6.17. The summed E-state index contributed by atoms with van der Waals surface area (Å²) in [7, 11) is 3.83. The molecule has 98 valence electrons. The molecule has 1 aromatic heterocycles. The summed E-state index contributed by atoms with van der Waals surface area (Å²) < 4.78 is 1.61. The van der Waals surface area contributed by atoms with Crippen molar-refractivity contribution in [2.45, 2.75) is 6.42 Å². The van der Waals surface area contributed by atoms with Crippen molar-refractivity contribution in [2.24, 2.45) is 7.05 Å². The number of aryl methyl sites for hydroxylation is 1. The van der Waals surface area contributed by atoms with Gasteiger partial charge in [-0.05, 0) is 24.1 Å². The zero-order valence-electron chi connectivity index (χ0n) is 10.9. The van der Waals surface area contributed by atoms with E-state index in [1.54, 1.807) is 11.7 Å². The van der Waals surface area contributed by atoms with Crippen molar-refractivity contribution < 1.29 is 9.90 Å². The van der Waals surface area contributed by atoms with Gasteiger partial charge in [0.2, 0.25) is 0 Å². The Bertz CT molecular complexity index is 661. The lowest BCUT2D eigenvalue weighted by atomic mass is 10.0. The van der Waals surface area contributed by atoms with E-state index in [1.807, 2.05) is 6.07 Å². The highest BCUT2D eigenvalue weighted by atomic mass is 16.4. The third-order valence-electron chi connectivity index (χ3n) is 3.65. The maximum Gasteiger partial charge on any atom is 0.339 e. The molecule has 0 fully saturated rings. The molecular formula is C14H15N3O2. The number of fused-ring (bicyclic) bond motifs is 1. The first-order chi connectivity index (χ1) is 9.08. The molecule has 2 aromatic rings. The molecule has 0 saturated carbocycles. The van der Waals surface area contributed by atoms with Crippen molar-refractivity contribution in [1.29, 1.82) is 0 Å². The fourth-order valence-corrected chi connectivity index (χ4v) is 2.65. The first-order valence-electron chi connectivity index (χ1n) is 6.17. The summed E-state index contributed by atoms with van der Waals surface area (Å²) in [5, 5.41) is 13.3. The molecule has 1 aromatic carbocycles. The number of carboxylic acids is 1. The molecule has 0 atom stereocenters. The van der Waals surface area contributed by atoms with Gasteiger partial charge < -0.3 is 10.0 Å². The lowest BCUT2D eigenvalue weighted by Gasteiger charge is -2.12. The zero-order chi connectivity index (χ0) is 13.6. The number of aromatic carboxylic acids is 1. The fraction of sp³-hybridized carbons (Fsp3) is 0.286. The smallest absolute Gasteiger partial charge is 0.339 e. The Balaban J connectivity index is 2.13. The molecule has 0 unspecified atom stereocenters. The van der Waals surface area contributed by atoms with Gasteiger partial charge in [-0.3, -0.25) is 4.68 Å². The molecule has 0 amide bonds. The largest absolute Gasteiger partial charge is 0.478 e. The normalized spacial score (nSPS) is 13.7. The molecule has 2 heterocycles. The minimum atomic E-state index is -0.944. The number of carbonyl (C=O) groups is 1. The van der Waals surface area contributed by atoms with E-state index in [1.165, 1.54) is 17.4 Å². The Morgan fingerprint density at radius 3 is 2.89 bits per heavy atom. The summed E-state index contributed by atoms with van der Waals surface area (Å²) >= 11 is 0. The van der Waals surface area contributed by atoms with Crippen LogP contribution < -0.4 is 4.90 Å². The van der Waals surface area contributed by atoms with E-state index < -0.39 is 5.97 Å². The third kappa shape index (κ3) is 1.78. The standard InChI is InChI=1S/C14H15N3O2/c1-16-6-5-9-7-10(3-4-12(9)16)13-11(14(18)19)8-15-17(13)2/h3-4,7-8H,5-6H2,1-2H3,(H,18,19). The second-order valence-corrected chi connectivity index (χ2v) is 4.85. The van der Waals surface area contributed by atoms with Crippen molar-refractivity contribution in [3.8, 4) is 11.3 Å². The van der Waals surface area contributed by atoms with Crippen molar-refractivity contribution in [1.82, 2.24) is 9.78 Å². The van der Waals surface area contributed by atoms with Gasteiger partial charge in [-0.25, -0.2) is 4.79 Å². The van der Waals surface area contributed by atoms with E-state index in [2.05, 4.69) is 29.2 Å². The van der Waals surface area contributed by atoms with Crippen LogP contribution in [0.3, 0.4) is 0 Å². The quantitative estimate of drug-likeness (QED) is 0.891. The second-order valence-electron chi connectivity index (χ2n) is 4.85. The Morgan fingerprint density at radius 1 is 1.37 bits per heavy atom. The molecule has 0 bridgehead atoms. The summed E-state index contributed by atoms with van der Waals surface area (Å²) in [6.07, 6.45) is 2.40. The van der Waals surface area contributed by atoms with E-state index in [0.717, 1.165) is 18.5 Å². The maximum absolute atomic E-state index is 11.2. The monoisotopic (exact) mass is 257 g/mol.